The lowest BCUT2D eigenvalue weighted by molar-refractivity contribution is 0.0697. The van der Waals surface area contributed by atoms with Gasteiger partial charge in [0.1, 0.15) is 11.5 Å². The molecular weight excluding hydrogens is 496 g/mol. The fraction of sp³-hybridized carbons (Fsp3) is 0.219. The predicted octanol–water partition coefficient (Wildman–Crippen LogP) is 7.36. The highest BCUT2D eigenvalue weighted by Crippen LogP contribution is 2.28. The van der Waals surface area contributed by atoms with Crippen molar-refractivity contribution >= 4 is 23.3 Å². The van der Waals surface area contributed by atoms with Gasteiger partial charge in [-0.05, 0) is 90.7 Å². The summed E-state index contributed by atoms with van der Waals surface area (Å²) in [5.74, 6) is 1.20. The molecule has 1 saturated heterocycles. The molecule has 0 bridgehead atoms. The smallest absolute Gasteiger partial charge is 0.335 e. The van der Waals surface area contributed by atoms with Gasteiger partial charge in [0.05, 0.1) is 5.56 Å². The molecule has 0 radical (unpaired) electrons. The lowest BCUT2D eigenvalue weighted by Gasteiger charge is -2.28. The molecule has 4 aromatic carbocycles. The normalized spacial score (nSPS) is 15.3. The van der Waals surface area contributed by atoms with Gasteiger partial charge < -0.3 is 14.7 Å². The molecule has 0 aliphatic carbocycles. The van der Waals surface area contributed by atoms with E-state index in [4.69, 9.17) is 21.4 Å². The summed E-state index contributed by atoms with van der Waals surface area (Å²) in [5, 5.41) is 9.83. The highest BCUT2D eigenvalue weighted by Gasteiger charge is 2.25. The van der Waals surface area contributed by atoms with Gasteiger partial charge in [-0.1, -0.05) is 54.1 Å². The molecule has 0 spiro atoms. The Hall–Kier alpha value is -3.80. The van der Waals surface area contributed by atoms with Crippen LogP contribution in [0, 0.1) is 5.92 Å². The number of carboxylic acids is 1. The first-order chi connectivity index (χ1) is 18.5. The summed E-state index contributed by atoms with van der Waals surface area (Å²) in [6.45, 7) is 4.69. The van der Waals surface area contributed by atoms with E-state index in [2.05, 4.69) is 52.3 Å². The van der Waals surface area contributed by atoms with Crippen molar-refractivity contribution in [2.45, 2.75) is 19.5 Å². The highest BCUT2D eigenvalue weighted by molar-refractivity contribution is 6.30. The van der Waals surface area contributed by atoms with Gasteiger partial charge in [-0.25, -0.2) is 4.79 Å². The maximum absolute atomic E-state index is 11.1. The first kappa shape index (κ1) is 25.8. The second kappa shape index (κ2) is 12.2. The zero-order valence-corrected chi connectivity index (χ0v) is 21.9. The van der Waals surface area contributed by atoms with E-state index in [0.717, 1.165) is 56.2 Å². The number of aromatic carboxylic acids is 1. The number of likely N-dealkylation sites (tertiary alicyclic amines) is 1. The van der Waals surface area contributed by atoms with Gasteiger partial charge in [0.25, 0.3) is 0 Å². The molecule has 0 saturated carbocycles. The highest BCUT2D eigenvalue weighted by atomic mass is 35.5. The van der Waals surface area contributed by atoms with E-state index in [9.17, 15) is 4.79 Å². The van der Waals surface area contributed by atoms with Crippen LogP contribution in [-0.2, 0) is 13.1 Å². The summed E-state index contributed by atoms with van der Waals surface area (Å²) in [6, 6.07) is 33.5. The molecule has 0 aromatic heterocycles. The molecule has 6 heteroatoms. The molecule has 38 heavy (non-hydrogen) atoms. The number of nitrogens with zero attached hydrogens (tertiary/aromatic N) is 2. The topological polar surface area (TPSA) is 53.0 Å². The maximum Gasteiger partial charge on any atom is 0.335 e. The molecule has 1 heterocycles. The average Bonchev–Trinajstić information content (AvgIpc) is 3.37. The van der Waals surface area contributed by atoms with Crippen molar-refractivity contribution in [2.75, 3.05) is 24.5 Å². The molecule has 1 aliphatic heterocycles. The number of ether oxygens (including phenoxy) is 1. The molecule has 1 N–H and O–H groups in total. The third-order valence-electron chi connectivity index (χ3n) is 6.92. The number of anilines is 1. The third-order valence-corrected chi connectivity index (χ3v) is 7.18. The number of carboxylic acid groups (broad SMARTS) is 1. The van der Waals surface area contributed by atoms with E-state index in [1.165, 1.54) is 11.3 Å². The number of halogens is 1. The SMILES string of the molecule is O=C(O)c1ccc(CN2CCC(CN(Cc3ccccc3)c3ccc(Oc4ccc(Cl)cc4)cc3)C2)cc1. The van der Waals surface area contributed by atoms with Crippen LogP contribution >= 0.6 is 11.6 Å². The lowest BCUT2D eigenvalue weighted by atomic mass is 10.1. The Morgan fingerprint density at radius 1 is 0.868 bits per heavy atom. The van der Waals surface area contributed by atoms with Crippen LogP contribution < -0.4 is 9.64 Å². The van der Waals surface area contributed by atoms with Gasteiger partial charge in [0.15, 0.2) is 0 Å². The zero-order valence-electron chi connectivity index (χ0n) is 21.2. The van der Waals surface area contributed by atoms with Crippen LogP contribution in [0.1, 0.15) is 27.9 Å². The molecule has 5 rings (SSSR count). The van der Waals surface area contributed by atoms with Crippen LogP contribution in [0.25, 0.3) is 0 Å². The minimum absolute atomic E-state index is 0.328. The van der Waals surface area contributed by atoms with Crippen molar-refractivity contribution in [2.24, 2.45) is 5.92 Å². The first-order valence-corrected chi connectivity index (χ1v) is 13.3. The second-order valence-electron chi connectivity index (χ2n) is 9.81. The number of hydrogen-bond donors (Lipinski definition) is 1. The van der Waals surface area contributed by atoms with Gasteiger partial charge in [-0.2, -0.15) is 0 Å². The van der Waals surface area contributed by atoms with Gasteiger partial charge in [-0.15, -0.1) is 0 Å². The minimum Gasteiger partial charge on any atom is -0.478 e. The van der Waals surface area contributed by atoms with Gasteiger partial charge in [0.2, 0.25) is 0 Å². The monoisotopic (exact) mass is 526 g/mol. The number of carbonyl (C=O) groups is 1. The molecule has 0 amide bonds. The summed E-state index contributed by atoms with van der Waals surface area (Å²) in [4.78, 5) is 16.1. The fourth-order valence-corrected chi connectivity index (χ4v) is 5.08. The minimum atomic E-state index is -0.888. The predicted molar refractivity (Wildman–Crippen MR) is 152 cm³/mol. The zero-order chi connectivity index (χ0) is 26.3. The van der Waals surface area contributed by atoms with Gasteiger partial charge in [-0.3, -0.25) is 4.90 Å². The Morgan fingerprint density at radius 2 is 1.53 bits per heavy atom. The quantitative estimate of drug-likeness (QED) is 0.234. The molecule has 1 fully saturated rings. The van der Waals surface area contributed by atoms with Crippen molar-refractivity contribution in [3.05, 3.63) is 125 Å². The number of hydrogen-bond acceptors (Lipinski definition) is 4. The van der Waals surface area contributed by atoms with Gasteiger partial charge in [0, 0.05) is 36.9 Å². The summed E-state index contributed by atoms with van der Waals surface area (Å²) < 4.78 is 5.99. The van der Waals surface area contributed by atoms with E-state index in [1.807, 2.05) is 48.5 Å². The van der Waals surface area contributed by atoms with E-state index < -0.39 is 5.97 Å². The van der Waals surface area contributed by atoms with E-state index in [1.54, 1.807) is 12.1 Å². The Labute approximate surface area is 228 Å². The average molecular weight is 527 g/mol. The molecule has 1 aliphatic rings. The Bertz CT molecular complexity index is 1330. The van der Waals surface area contributed by atoms with Crippen LogP contribution in [0.5, 0.6) is 11.5 Å². The fourth-order valence-electron chi connectivity index (χ4n) is 4.96. The van der Waals surface area contributed by atoms with Crippen molar-refractivity contribution in [3.63, 3.8) is 0 Å². The summed E-state index contributed by atoms with van der Waals surface area (Å²) in [6.07, 6.45) is 1.14. The molecule has 1 unspecified atom stereocenters. The molecule has 1 atom stereocenters. The number of benzene rings is 4. The van der Waals surface area contributed by atoms with Crippen LogP contribution in [0.4, 0.5) is 5.69 Å². The molecule has 5 nitrogen and oxygen atoms in total. The van der Waals surface area contributed by atoms with Crippen LogP contribution in [0.2, 0.25) is 5.02 Å². The lowest BCUT2D eigenvalue weighted by Crippen LogP contribution is -2.31. The van der Waals surface area contributed by atoms with Crippen LogP contribution in [-0.4, -0.2) is 35.6 Å². The molecular formula is C32H31ClN2O3. The Kier molecular flexibility index (Phi) is 8.27. The molecule has 194 valence electrons. The van der Waals surface area contributed by atoms with Crippen molar-refractivity contribution < 1.29 is 14.6 Å². The Morgan fingerprint density at radius 3 is 2.18 bits per heavy atom. The van der Waals surface area contributed by atoms with Crippen LogP contribution in [0.3, 0.4) is 0 Å². The maximum atomic E-state index is 11.1. The largest absolute Gasteiger partial charge is 0.478 e. The number of rotatable bonds is 10. The van der Waals surface area contributed by atoms with Crippen LogP contribution in [0.15, 0.2) is 103 Å². The molecule has 4 aromatic rings. The van der Waals surface area contributed by atoms with E-state index in [0.29, 0.717) is 16.5 Å². The third kappa shape index (κ3) is 6.94. The summed E-state index contributed by atoms with van der Waals surface area (Å²) in [7, 11) is 0. The van der Waals surface area contributed by atoms with E-state index >= 15 is 0 Å². The van der Waals surface area contributed by atoms with Gasteiger partial charge >= 0.3 is 5.97 Å². The van der Waals surface area contributed by atoms with E-state index in [-0.39, 0.29) is 0 Å². The first-order valence-electron chi connectivity index (χ1n) is 12.9. The van der Waals surface area contributed by atoms with Crippen molar-refractivity contribution in [3.8, 4) is 11.5 Å². The summed E-state index contributed by atoms with van der Waals surface area (Å²) in [5.41, 5.74) is 3.92. The second-order valence-corrected chi connectivity index (χ2v) is 10.2. The summed E-state index contributed by atoms with van der Waals surface area (Å²) >= 11 is 5.99. The van der Waals surface area contributed by atoms with Crippen molar-refractivity contribution in [1.82, 2.24) is 4.90 Å². The standard InChI is InChI=1S/C32H31ClN2O3/c33-28-10-14-30(15-11-28)38-31-16-12-29(13-17-31)35(22-24-4-2-1-3-5-24)23-26-18-19-34(21-26)20-25-6-8-27(9-7-25)32(36)37/h1-17,26H,18-23H2,(H,36,37). The van der Waals surface area contributed by atoms with Crippen molar-refractivity contribution in [1.29, 1.82) is 0 Å². The Balaban J connectivity index is 1.24.